The van der Waals surface area contributed by atoms with Crippen LogP contribution in [0, 0.1) is 0 Å². The van der Waals surface area contributed by atoms with E-state index in [1.165, 1.54) is 11.3 Å². The molecule has 6 heteroatoms. The van der Waals surface area contributed by atoms with E-state index in [4.69, 9.17) is 0 Å². The predicted octanol–water partition coefficient (Wildman–Crippen LogP) is 2.56. The van der Waals surface area contributed by atoms with Crippen LogP contribution in [-0.2, 0) is 13.6 Å². The standard InChI is InChI=1S/C12H14BrN3OS/c1-15(8-11-14-4-5-16(11)2)7-10(17)12-9(13)3-6-18-12/h3-6H,7-8H2,1-2H3. The summed E-state index contributed by atoms with van der Waals surface area (Å²) < 4.78 is 2.84. The summed E-state index contributed by atoms with van der Waals surface area (Å²) in [7, 11) is 3.88. The maximum Gasteiger partial charge on any atom is 0.187 e. The Balaban J connectivity index is 1.96. The van der Waals surface area contributed by atoms with Gasteiger partial charge in [-0.2, -0.15) is 0 Å². The maximum atomic E-state index is 12.1. The van der Waals surface area contributed by atoms with Gasteiger partial charge in [0.2, 0.25) is 0 Å². The van der Waals surface area contributed by atoms with Crippen LogP contribution in [-0.4, -0.2) is 33.8 Å². The number of likely N-dealkylation sites (N-methyl/N-ethyl adjacent to an activating group) is 1. The van der Waals surface area contributed by atoms with Gasteiger partial charge in [-0.05, 0) is 34.4 Å². The number of carbonyl (C=O) groups is 1. The number of rotatable bonds is 5. The first-order valence-corrected chi connectivity index (χ1v) is 7.16. The highest BCUT2D eigenvalue weighted by Crippen LogP contribution is 2.23. The van der Waals surface area contributed by atoms with Gasteiger partial charge in [-0.15, -0.1) is 11.3 Å². The molecule has 2 heterocycles. The first-order valence-electron chi connectivity index (χ1n) is 5.49. The van der Waals surface area contributed by atoms with Crippen molar-refractivity contribution in [3.05, 3.63) is 39.0 Å². The lowest BCUT2D eigenvalue weighted by Crippen LogP contribution is -2.26. The first-order chi connectivity index (χ1) is 8.58. The topological polar surface area (TPSA) is 38.1 Å². The van der Waals surface area contributed by atoms with E-state index in [2.05, 4.69) is 20.9 Å². The molecule has 0 amide bonds. The minimum atomic E-state index is 0.133. The highest BCUT2D eigenvalue weighted by Gasteiger charge is 2.14. The van der Waals surface area contributed by atoms with E-state index in [0.717, 1.165) is 15.2 Å². The second-order valence-electron chi connectivity index (χ2n) is 4.15. The average Bonchev–Trinajstić information content (AvgIpc) is 2.88. The van der Waals surface area contributed by atoms with Crippen molar-refractivity contribution in [2.24, 2.45) is 7.05 Å². The number of ketones is 1. The molecule has 96 valence electrons. The molecule has 0 spiro atoms. The molecule has 0 N–H and O–H groups in total. The Bertz CT molecular complexity index is 549. The van der Waals surface area contributed by atoms with Crippen LogP contribution in [0.1, 0.15) is 15.5 Å². The van der Waals surface area contributed by atoms with E-state index >= 15 is 0 Å². The summed E-state index contributed by atoms with van der Waals surface area (Å²) in [5.41, 5.74) is 0. The van der Waals surface area contributed by atoms with E-state index in [0.29, 0.717) is 13.1 Å². The molecule has 0 aliphatic heterocycles. The minimum Gasteiger partial charge on any atom is -0.337 e. The second-order valence-corrected chi connectivity index (χ2v) is 5.92. The third kappa shape index (κ3) is 3.07. The van der Waals surface area contributed by atoms with Gasteiger partial charge >= 0.3 is 0 Å². The normalized spacial score (nSPS) is 11.1. The zero-order valence-electron chi connectivity index (χ0n) is 10.3. The van der Waals surface area contributed by atoms with Crippen LogP contribution in [0.3, 0.4) is 0 Å². The van der Waals surface area contributed by atoms with Gasteiger partial charge < -0.3 is 4.57 Å². The molecule has 0 fully saturated rings. The van der Waals surface area contributed by atoms with Crippen molar-refractivity contribution in [1.82, 2.24) is 14.5 Å². The number of thiophene rings is 1. The Morgan fingerprint density at radius 1 is 1.61 bits per heavy atom. The molecule has 0 atom stereocenters. The number of nitrogens with zero attached hydrogens (tertiary/aromatic N) is 3. The molecular weight excluding hydrogens is 314 g/mol. The molecule has 0 saturated heterocycles. The van der Waals surface area contributed by atoms with Crippen LogP contribution >= 0.6 is 27.3 Å². The summed E-state index contributed by atoms with van der Waals surface area (Å²) in [6.07, 6.45) is 3.67. The Morgan fingerprint density at radius 2 is 2.39 bits per heavy atom. The molecule has 18 heavy (non-hydrogen) atoms. The summed E-state index contributed by atoms with van der Waals surface area (Å²) in [5.74, 6) is 1.09. The molecule has 4 nitrogen and oxygen atoms in total. The summed E-state index contributed by atoms with van der Waals surface area (Å²) in [5, 5.41) is 1.91. The molecule has 0 radical (unpaired) electrons. The zero-order valence-corrected chi connectivity index (χ0v) is 12.7. The number of aryl methyl sites for hydroxylation is 1. The van der Waals surface area contributed by atoms with Gasteiger partial charge in [0.15, 0.2) is 5.78 Å². The summed E-state index contributed by atoms with van der Waals surface area (Å²) in [6.45, 7) is 1.06. The van der Waals surface area contributed by atoms with Crippen molar-refractivity contribution in [2.75, 3.05) is 13.6 Å². The summed E-state index contributed by atoms with van der Waals surface area (Å²) in [4.78, 5) is 19.1. The third-order valence-corrected chi connectivity index (χ3v) is 4.49. The molecular formula is C12H14BrN3OS. The average molecular weight is 328 g/mol. The highest BCUT2D eigenvalue weighted by atomic mass is 79.9. The van der Waals surface area contributed by atoms with Crippen LogP contribution in [0.5, 0.6) is 0 Å². The fraction of sp³-hybridized carbons (Fsp3) is 0.333. The Morgan fingerprint density at radius 3 is 2.94 bits per heavy atom. The van der Waals surface area contributed by atoms with Crippen molar-refractivity contribution in [3.63, 3.8) is 0 Å². The molecule has 0 aliphatic carbocycles. The lowest BCUT2D eigenvalue weighted by molar-refractivity contribution is 0.0944. The van der Waals surface area contributed by atoms with Crippen molar-refractivity contribution in [1.29, 1.82) is 0 Å². The van der Waals surface area contributed by atoms with E-state index in [1.54, 1.807) is 6.20 Å². The van der Waals surface area contributed by atoms with Crippen molar-refractivity contribution in [3.8, 4) is 0 Å². The van der Waals surface area contributed by atoms with Crippen LogP contribution in [0.2, 0.25) is 0 Å². The van der Waals surface area contributed by atoms with Crippen LogP contribution in [0.15, 0.2) is 28.3 Å². The van der Waals surface area contributed by atoms with Gasteiger partial charge in [0, 0.05) is 23.9 Å². The molecule has 2 aromatic rings. The Labute approximate surface area is 118 Å². The minimum absolute atomic E-state index is 0.133. The van der Waals surface area contributed by atoms with Gasteiger partial charge in [-0.25, -0.2) is 4.98 Å². The highest BCUT2D eigenvalue weighted by molar-refractivity contribution is 9.10. The number of carbonyl (C=O) groups excluding carboxylic acids is 1. The fourth-order valence-corrected chi connectivity index (χ4v) is 3.18. The number of aromatic nitrogens is 2. The van der Waals surface area contributed by atoms with Gasteiger partial charge in [-0.1, -0.05) is 0 Å². The second kappa shape index (κ2) is 5.77. The quantitative estimate of drug-likeness (QED) is 0.792. The number of imidazole rings is 1. The van der Waals surface area contributed by atoms with Crippen molar-refractivity contribution in [2.45, 2.75) is 6.54 Å². The Hall–Kier alpha value is -0.980. The third-order valence-electron chi connectivity index (χ3n) is 2.62. The molecule has 2 rings (SSSR count). The van der Waals surface area contributed by atoms with Gasteiger partial charge in [0.25, 0.3) is 0 Å². The number of Topliss-reactive ketones (excluding diaryl/α,β-unsaturated/α-hetero) is 1. The van der Waals surface area contributed by atoms with Gasteiger partial charge in [-0.3, -0.25) is 9.69 Å². The van der Waals surface area contributed by atoms with Crippen LogP contribution < -0.4 is 0 Å². The lowest BCUT2D eigenvalue weighted by Gasteiger charge is -2.15. The monoisotopic (exact) mass is 327 g/mol. The smallest absolute Gasteiger partial charge is 0.187 e. The maximum absolute atomic E-state index is 12.1. The molecule has 0 unspecified atom stereocenters. The summed E-state index contributed by atoms with van der Waals surface area (Å²) >= 11 is 4.85. The summed E-state index contributed by atoms with van der Waals surface area (Å²) in [6, 6.07) is 1.90. The Kier molecular flexibility index (Phi) is 4.31. The fourth-order valence-electron chi connectivity index (χ4n) is 1.66. The molecule has 0 aromatic carbocycles. The van der Waals surface area contributed by atoms with E-state index < -0.39 is 0 Å². The molecule has 2 aromatic heterocycles. The van der Waals surface area contributed by atoms with Gasteiger partial charge in [0.1, 0.15) is 5.82 Å². The SMILES string of the molecule is CN(CC(=O)c1sccc1Br)Cc1nccn1C. The van der Waals surface area contributed by atoms with Crippen LogP contribution in [0.4, 0.5) is 0 Å². The molecule has 0 aliphatic rings. The van der Waals surface area contributed by atoms with Gasteiger partial charge in [0.05, 0.1) is 18.0 Å². The van der Waals surface area contributed by atoms with Crippen molar-refractivity contribution >= 4 is 33.0 Å². The van der Waals surface area contributed by atoms with E-state index in [1.807, 2.05) is 41.2 Å². The van der Waals surface area contributed by atoms with Crippen LogP contribution in [0.25, 0.3) is 0 Å². The number of hydrogen-bond acceptors (Lipinski definition) is 4. The molecule has 0 bridgehead atoms. The number of hydrogen-bond donors (Lipinski definition) is 0. The predicted molar refractivity (Wildman–Crippen MR) is 75.9 cm³/mol. The number of halogens is 1. The van der Waals surface area contributed by atoms with E-state index in [9.17, 15) is 4.79 Å². The molecule has 0 saturated carbocycles. The lowest BCUT2D eigenvalue weighted by atomic mass is 10.3. The van der Waals surface area contributed by atoms with E-state index in [-0.39, 0.29) is 5.78 Å². The van der Waals surface area contributed by atoms with Crippen molar-refractivity contribution < 1.29 is 4.79 Å². The first kappa shape index (κ1) is 13.5. The zero-order chi connectivity index (χ0) is 13.1. The largest absolute Gasteiger partial charge is 0.337 e.